The fourth-order valence-corrected chi connectivity index (χ4v) is 4.23. The first-order valence-corrected chi connectivity index (χ1v) is 9.60. The molecule has 0 amide bonds. The summed E-state index contributed by atoms with van der Waals surface area (Å²) in [7, 11) is -2.62. The molecule has 2 heterocycles. The van der Waals surface area contributed by atoms with Crippen LogP contribution in [0.15, 0.2) is 16.4 Å². The van der Waals surface area contributed by atoms with Crippen molar-refractivity contribution in [2.75, 3.05) is 13.4 Å². The number of aliphatic hydroxyl groups is 1. The topological polar surface area (TPSA) is 161 Å². The molecule has 0 radical (unpaired) electrons. The van der Waals surface area contributed by atoms with Gasteiger partial charge in [0.05, 0.1) is 32.1 Å². The van der Waals surface area contributed by atoms with E-state index < -0.39 is 40.4 Å². The van der Waals surface area contributed by atoms with E-state index in [2.05, 4.69) is 10.0 Å². The van der Waals surface area contributed by atoms with E-state index in [1.165, 1.54) is 18.6 Å². The molecular weight excluding hydrogens is 380 g/mol. The van der Waals surface area contributed by atoms with Gasteiger partial charge in [0.25, 0.3) is 10.1 Å². The molecule has 27 heavy (non-hydrogen) atoms. The molecular formula is C15H16N4O7S. The zero-order valence-corrected chi connectivity index (χ0v) is 15.5. The lowest BCUT2D eigenvalue weighted by Gasteiger charge is -2.19. The Balaban J connectivity index is 2.26. The highest BCUT2D eigenvalue weighted by Crippen LogP contribution is 2.43. The van der Waals surface area contributed by atoms with Crippen molar-refractivity contribution in [3.63, 3.8) is 0 Å². The number of aromatic nitrogens is 1. The lowest BCUT2D eigenvalue weighted by atomic mass is 9.90. The Morgan fingerprint density at radius 1 is 1.37 bits per heavy atom. The number of hydrogen-bond acceptors (Lipinski definition) is 8. The van der Waals surface area contributed by atoms with Crippen LogP contribution in [-0.4, -0.2) is 49.1 Å². The number of fused-ring (bicyclic) bond motifs is 3. The first kappa shape index (κ1) is 19.1. The van der Waals surface area contributed by atoms with Crippen molar-refractivity contribution < 1.29 is 32.0 Å². The van der Waals surface area contributed by atoms with Crippen molar-refractivity contribution in [1.29, 1.82) is 0 Å². The van der Waals surface area contributed by atoms with Gasteiger partial charge in [0.1, 0.15) is 17.8 Å². The predicted octanol–water partition coefficient (Wildman–Crippen LogP) is 0.990. The lowest BCUT2D eigenvalue weighted by molar-refractivity contribution is 0.0898. The molecule has 0 saturated carbocycles. The Morgan fingerprint density at radius 3 is 2.56 bits per heavy atom. The summed E-state index contributed by atoms with van der Waals surface area (Å²) in [6.07, 6.45) is -0.250. The van der Waals surface area contributed by atoms with Gasteiger partial charge in [-0.2, -0.15) is 8.42 Å². The highest BCUT2D eigenvalue weighted by atomic mass is 32.2. The van der Waals surface area contributed by atoms with E-state index in [-0.39, 0.29) is 40.4 Å². The van der Waals surface area contributed by atoms with Crippen molar-refractivity contribution in [2.24, 2.45) is 5.11 Å². The van der Waals surface area contributed by atoms with Gasteiger partial charge < -0.3 is 14.4 Å². The average Bonchev–Trinajstić information content (AvgIpc) is 3.07. The van der Waals surface area contributed by atoms with Crippen LogP contribution in [0.25, 0.3) is 10.4 Å². The van der Waals surface area contributed by atoms with Crippen molar-refractivity contribution in [2.45, 2.75) is 32.2 Å². The van der Waals surface area contributed by atoms with Crippen LogP contribution in [0.4, 0.5) is 0 Å². The highest BCUT2D eigenvalue weighted by Gasteiger charge is 2.46. The van der Waals surface area contributed by atoms with Crippen LogP contribution in [0.3, 0.4) is 0 Å². The lowest BCUT2D eigenvalue weighted by Crippen LogP contribution is -2.27. The van der Waals surface area contributed by atoms with Crippen LogP contribution in [0.5, 0.6) is 0 Å². The van der Waals surface area contributed by atoms with Gasteiger partial charge >= 0.3 is 0 Å². The molecule has 1 aliphatic heterocycles. The first-order valence-electron chi connectivity index (χ1n) is 7.79. The van der Waals surface area contributed by atoms with E-state index >= 15 is 0 Å². The van der Waals surface area contributed by atoms with Crippen molar-refractivity contribution in [1.82, 2.24) is 4.57 Å². The fraction of sp³-hybridized carbons (Fsp3) is 0.467. The van der Waals surface area contributed by atoms with Gasteiger partial charge in [-0.1, -0.05) is 5.11 Å². The second-order valence-corrected chi connectivity index (χ2v) is 7.76. The third-order valence-electron chi connectivity index (χ3n) is 4.57. The van der Waals surface area contributed by atoms with E-state index in [4.69, 9.17) is 14.5 Å². The number of allylic oxidation sites excluding steroid dienone is 2. The first-order chi connectivity index (χ1) is 12.7. The summed E-state index contributed by atoms with van der Waals surface area (Å²) in [5, 5.41) is 13.4. The number of ketones is 2. The number of carbonyl (C=O) groups is 2. The predicted molar refractivity (Wildman–Crippen MR) is 90.3 cm³/mol. The van der Waals surface area contributed by atoms with E-state index in [0.717, 1.165) is 6.26 Å². The Bertz CT molecular complexity index is 1050. The SMILES string of the molecule is COC1=C(C)C(=O)c2c(c(CO)c3n2C[C@@H](OS(C)(=O)=O)[C@@H]3N=[N+]=[N-])C1=O. The van der Waals surface area contributed by atoms with Crippen molar-refractivity contribution in [3.05, 3.63) is 44.3 Å². The molecule has 2 aliphatic rings. The Morgan fingerprint density at radius 2 is 2.04 bits per heavy atom. The number of aliphatic hydroxyl groups excluding tert-OH is 1. The van der Waals surface area contributed by atoms with Gasteiger partial charge in [0.15, 0.2) is 5.76 Å². The van der Waals surface area contributed by atoms with Crippen LogP contribution in [-0.2, 0) is 32.2 Å². The van der Waals surface area contributed by atoms with Gasteiger partial charge in [-0.15, -0.1) is 0 Å². The molecule has 0 fully saturated rings. The van der Waals surface area contributed by atoms with Gasteiger partial charge in [-0.25, -0.2) is 0 Å². The number of Topliss-reactive ketones (excluding diaryl/α,β-unsaturated/α-hetero) is 2. The smallest absolute Gasteiger partial charge is 0.264 e. The molecule has 3 rings (SSSR count). The molecule has 11 nitrogen and oxygen atoms in total. The molecule has 0 saturated heterocycles. The normalized spacial score (nSPS) is 21.8. The van der Waals surface area contributed by atoms with E-state index in [9.17, 15) is 23.1 Å². The van der Waals surface area contributed by atoms with Crippen LogP contribution in [0, 0.1) is 0 Å². The van der Waals surface area contributed by atoms with Crippen LogP contribution < -0.4 is 0 Å². The van der Waals surface area contributed by atoms with Crippen LogP contribution in [0.2, 0.25) is 0 Å². The molecule has 1 aromatic rings. The van der Waals surface area contributed by atoms with Gasteiger partial charge in [0.2, 0.25) is 11.6 Å². The number of methoxy groups -OCH3 is 1. The van der Waals surface area contributed by atoms with Crippen molar-refractivity contribution >= 4 is 21.7 Å². The minimum absolute atomic E-state index is 0.00455. The number of ether oxygens (including phenoxy) is 1. The zero-order valence-electron chi connectivity index (χ0n) is 14.7. The third-order valence-corrected chi connectivity index (χ3v) is 5.17. The average molecular weight is 396 g/mol. The van der Waals surface area contributed by atoms with E-state index in [1.807, 2.05) is 0 Å². The van der Waals surface area contributed by atoms with E-state index in [1.54, 1.807) is 0 Å². The Kier molecular flexibility index (Phi) is 4.60. The minimum atomic E-state index is -3.88. The summed E-state index contributed by atoms with van der Waals surface area (Å²) >= 11 is 0. The molecule has 2 atom stereocenters. The summed E-state index contributed by atoms with van der Waals surface area (Å²) in [6, 6.07) is -1.13. The maximum absolute atomic E-state index is 12.8. The molecule has 1 aromatic heterocycles. The fourth-order valence-electron chi connectivity index (χ4n) is 3.62. The quantitative estimate of drug-likeness (QED) is 0.336. The van der Waals surface area contributed by atoms with Crippen LogP contribution >= 0.6 is 0 Å². The molecule has 12 heteroatoms. The largest absolute Gasteiger partial charge is 0.492 e. The molecule has 1 N–H and O–H groups in total. The summed E-state index contributed by atoms with van der Waals surface area (Å²) in [4.78, 5) is 28.3. The second kappa shape index (κ2) is 6.50. The molecule has 144 valence electrons. The second-order valence-electron chi connectivity index (χ2n) is 6.16. The van der Waals surface area contributed by atoms with Gasteiger partial charge in [-0.3, -0.25) is 13.8 Å². The van der Waals surface area contributed by atoms with Crippen LogP contribution in [0.1, 0.15) is 45.1 Å². The molecule has 0 spiro atoms. The number of rotatable bonds is 5. The van der Waals surface area contributed by atoms with Gasteiger partial charge in [0, 0.05) is 21.7 Å². The number of carbonyl (C=O) groups excluding carboxylic acids is 2. The summed E-state index contributed by atoms with van der Waals surface area (Å²) in [5.41, 5.74) is 9.20. The maximum Gasteiger partial charge on any atom is 0.264 e. The number of hydrogen-bond donors (Lipinski definition) is 1. The number of azide groups is 1. The van der Waals surface area contributed by atoms with E-state index in [0.29, 0.717) is 0 Å². The zero-order chi connectivity index (χ0) is 20.1. The third kappa shape index (κ3) is 2.82. The summed E-state index contributed by atoms with van der Waals surface area (Å²) in [6.45, 7) is 0.677. The Labute approximate surface area is 153 Å². The highest BCUT2D eigenvalue weighted by molar-refractivity contribution is 7.86. The molecule has 1 aliphatic carbocycles. The molecule has 0 aromatic carbocycles. The monoisotopic (exact) mass is 396 g/mol. The summed E-state index contributed by atoms with van der Waals surface area (Å²) in [5.74, 6) is -1.20. The molecule has 0 bridgehead atoms. The maximum atomic E-state index is 12.8. The minimum Gasteiger partial charge on any atom is -0.492 e. The van der Waals surface area contributed by atoms with Gasteiger partial charge in [-0.05, 0) is 12.5 Å². The van der Waals surface area contributed by atoms with Crippen molar-refractivity contribution in [3.8, 4) is 0 Å². The Hall–Kier alpha value is -2.66. The molecule has 0 unspecified atom stereocenters. The number of nitrogens with zero attached hydrogens (tertiary/aromatic N) is 4. The summed E-state index contributed by atoms with van der Waals surface area (Å²) < 4.78 is 34.5. The standard InChI is InChI=1S/C15H16N4O7S/c1-6-13(21)12-9(14(22)15(6)25-2)7(5-20)11-10(17-18-16)8(4-19(11)12)26-27(3,23)24/h8,10,20H,4-5H2,1-3H3/t8-,10+/m1/s1.